The van der Waals surface area contributed by atoms with Gasteiger partial charge < -0.3 is 10.4 Å². The first kappa shape index (κ1) is 21.6. The largest absolute Gasteiger partial charge is 0.508 e. The summed E-state index contributed by atoms with van der Waals surface area (Å²) in [6, 6.07) is 14.9. The first-order chi connectivity index (χ1) is 14.9. The van der Waals surface area contributed by atoms with Crippen molar-refractivity contribution in [3.8, 4) is 5.75 Å². The van der Waals surface area contributed by atoms with Crippen LogP contribution in [0.3, 0.4) is 0 Å². The van der Waals surface area contributed by atoms with Gasteiger partial charge in [0.2, 0.25) is 0 Å². The normalized spacial score (nSPS) is 11.5. The van der Waals surface area contributed by atoms with Gasteiger partial charge in [-0.05, 0) is 68.0 Å². The van der Waals surface area contributed by atoms with E-state index in [0.717, 1.165) is 45.0 Å². The predicted molar refractivity (Wildman–Crippen MR) is 133 cm³/mol. The van der Waals surface area contributed by atoms with Crippen molar-refractivity contribution < 1.29 is 5.11 Å². The van der Waals surface area contributed by atoms with Crippen LogP contribution in [0.15, 0.2) is 53.3 Å². The minimum atomic E-state index is -0.00578. The maximum absolute atomic E-state index is 13.4. The Hall–Kier alpha value is -2.60. The Labute approximate surface area is 190 Å². The summed E-state index contributed by atoms with van der Waals surface area (Å²) in [5.41, 5.74) is 3.51. The van der Waals surface area contributed by atoms with Crippen molar-refractivity contribution in [1.82, 2.24) is 4.90 Å². The van der Waals surface area contributed by atoms with E-state index in [2.05, 4.69) is 24.1 Å². The second kappa shape index (κ2) is 8.87. The fourth-order valence-corrected chi connectivity index (χ4v) is 5.24. The number of fused-ring (bicyclic) bond motifs is 2. The van der Waals surface area contributed by atoms with Gasteiger partial charge in [0.25, 0.3) is 0 Å². The molecular formula is C25H25ClN2O2S. The molecule has 0 aliphatic heterocycles. The molecule has 4 aromatic rings. The zero-order chi connectivity index (χ0) is 22.1. The number of phenolic OH excluding ortho intramolecular Hbond substituents is 1. The average Bonchev–Trinajstić information content (AvgIpc) is 2.76. The molecule has 160 valence electrons. The van der Waals surface area contributed by atoms with Gasteiger partial charge in [-0.15, -0.1) is 11.3 Å². The van der Waals surface area contributed by atoms with Crippen LogP contribution in [0.1, 0.15) is 25.0 Å². The lowest BCUT2D eigenvalue weighted by atomic mass is 10.1. The molecule has 0 amide bonds. The molecule has 0 bridgehead atoms. The molecule has 4 nitrogen and oxygen atoms in total. The van der Waals surface area contributed by atoms with Crippen molar-refractivity contribution in [2.24, 2.45) is 0 Å². The maximum atomic E-state index is 13.4. The van der Waals surface area contributed by atoms with Gasteiger partial charge >= 0.3 is 0 Å². The fraction of sp³-hybridized carbons (Fsp3) is 0.240. The Balaban J connectivity index is 1.82. The molecule has 4 rings (SSSR count). The standard InChI is InChI=1S/C25H25ClN2O2S/c1-4-28(5-2)14-16-12-18(8-11-21(16)29)27-20-10-6-15(3)25-23(20)24(30)19-9-7-17(26)13-22(19)31-25/h6-13,27,29H,4-5,14H2,1-3H3. The minimum Gasteiger partial charge on any atom is -0.508 e. The van der Waals surface area contributed by atoms with Crippen LogP contribution in [-0.4, -0.2) is 23.1 Å². The van der Waals surface area contributed by atoms with E-state index >= 15 is 0 Å². The molecule has 1 aromatic heterocycles. The van der Waals surface area contributed by atoms with Crippen molar-refractivity contribution in [2.75, 3.05) is 18.4 Å². The van der Waals surface area contributed by atoms with Gasteiger partial charge in [-0.2, -0.15) is 0 Å². The number of aryl methyl sites for hydroxylation is 1. The van der Waals surface area contributed by atoms with E-state index in [1.807, 2.05) is 37.3 Å². The second-order valence-electron chi connectivity index (χ2n) is 7.64. The number of phenols is 1. The van der Waals surface area contributed by atoms with Gasteiger partial charge in [-0.3, -0.25) is 9.69 Å². The molecule has 0 aliphatic rings. The molecule has 3 aromatic carbocycles. The van der Waals surface area contributed by atoms with Gasteiger partial charge in [-0.25, -0.2) is 0 Å². The summed E-state index contributed by atoms with van der Waals surface area (Å²) in [6.07, 6.45) is 0. The Bertz CT molecular complexity index is 1330. The Kier molecular flexibility index (Phi) is 6.19. The molecule has 31 heavy (non-hydrogen) atoms. The van der Waals surface area contributed by atoms with E-state index in [1.54, 1.807) is 29.5 Å². The third-order valence-corrected chi connectivity index (χ3v) is 7.15. The number of nitrogens with zero attached hydrogens (tertiary/aromatic N) is 1. The topological polar surface area (TPSA) is 52.6 Å². The van der Waals surface area contributed by atoms with Crippen LogP contribution < -0.4 is 10.7 Å². The molecule has 0 radical (unpaired) electrons. The fourth-order valence-electron chi connectivity index (χ4n) is 3.79. The lowest BCUT2D eigenvalue weighted by Crippen LogP contribution is -2.22. The zero-order valence-electron chi connectivity index (χ0n) is 17.8. The predicted octanol–water partition coefficient (Wildman–Crippen LogP) is 6.67. The van der Waals surface area contributed by atoms with E-state index in [4.69, 9.17) is 11.6 Å². The summed E-state index contributed by atoms with van der Waals surface area (Å²) in [4.78, 5) is 15.6. The van der Waals surface area contributed by atoms with Crippen molar-refractivity contribution in [3.05, 3.63) is 74.9 Å². The zero-order valence-corrected chi connectivity index (χ0v) is 19.4. The summed E-state index contributed by atoms with van der Waals surface area (Å²) in [5, 5.41) is 15.7. The van der Waals surface area contributed by atoms with Crippen LogP contribution in [0.25, 0.3) is 20.2 Å². The number of hydrogen-bond acceptors (Lipinski definition) is 5. The van der Waals surface area contributed by atoms with Gasteiger partial charge in [0.15, 0.2) is 5.43 Å². The van der Waals surface area contributed by atoms with Crippen molar-refractivity contribution in [1.29, 1.82) is 0 Å². The molecule has 0 aliphatic carbocycles. The maximum Gasteiger partial charge on any atom is 0.197 e. The highest BCUT2D eigenvalue weighted by Crippen LogP contribution is 2.34. The number of nitrogens with one attached hydrogen (secondary N) is 1. The molecule has 2 N–H and O–H groups in total. The molecule has 0 spiro atoms. The van der Waals surface area contributed by atoms with Crippen LogP contribution >= 0.6 is 22.9 Å². The molecule has 0 atom stereocenters. The number of hydrogen-bond donors (Lipinski definition) is 2. The molecule has 1 heterocycles. The summed E-state index contributed by atoms with van der Waals surface area (Å²) in [7, 11) is 0. The second-order valence-corrected chi connectivity index (χ2v) is 9.12. The highest BCUT2D eigenvalue weighted by atomic mass is 35.5. The van der Waals surface area contributed by atoms with E-state index in [0.29, 0.717) is 22.3 Å². The van der Waals surface area contributed by atoms with E-state index in [9.17, 15) is 9.90 Å². The van der Waals surface area contributed by atoms with E-state index < -0.39 is 0 Å². The Morgan fingerprint density at radius 1 is 1.06 bits per heavy atom. The van der Waals surface area contributed by atoms with Crippen LogP contribution in [0.5, 0.6) is 5.75 Å². The van der Waals surface area contributed by atoms with Crippen LogP contribution in [0, 0.1) is 6.92 Å². The summed E-state index contributed by atoms with van der Waals surface area (Å²) < 4.78 is 1.84. The number of rotatable bonds is 6. The lowest BCUT2D eigenvalue weighted by molar-refractivity contribution is 0.291. The monoisotopic (exact) mass is 452 g/mol. The summed E-state index contributed by atoms with van der Waals surface area (Å²) >= 11 is 7.73. The van der Waals surface area contributed by atoms with Crippen LogP contribution in [0.2, 0.25) is 5.02 Å². The first-order valence-electron chi connectivity index (χ1n) is 10.4. The molecular weight excluding hydrogens is 428 g/mol. The van der Waals surface area contributed by atoms with Crippen molar-refractivity contribution in [3.63, 3.8) is 0 Å². The average molecular weight is 453 g/mol. The number of benzene rings is 3. The molecule has 6 heteroatoms. The molecule has 0 saturated carbocycles. The first-order valence-corrected chi connectivity index (χ1v) is 11.6. The van der Waals surface area contributed by atoms with E-state index in [1.165, 1.54) is 0 Å². The third-order valence-electron chi connectivity index (χ3n) is 5.63. The quantitative estimate of drug-likeness (QED) is 0.253. The Morgan fingerprint density at radius 2 is 1.84 bits per heavy atom. The Morgan fingerprint density at radius 3 is 2.58 bits per heavy atom. The molecule has 0 saturated heterocycles. The molecule has 0 unspecified atom stereocenters. The summed E-state index contributed by atoms with van der Waals surface area (Å²) in [6.45, 7) is 8.72. The number of aromatic hydroxyl groups is 1. The van der Waals surface area contributed by atoms with Crippen LogP contribution in [0.4, 0.5) is 11.4 Å². The van der Waals surface area contributed by atoms with Gasteiger partial charge in [0.05, 0.1) is 11.1 Å². The van der Waals surface area contributed by atoms with Gasteiger partial charge in [0, 0.05) is 37.6 Å². The minimum absolute atomic E-state index is 0.00578. The van der Waals surface area contributed by atoms with Crippen LogP contribution in [-0.2, 0) is 6.54 Å². The number of anilines is 2. The number of halogens is 1. The van der Waals surface area contributed by atoms with Gasteiger partial charge in [-0.1, -0.05) is 31.5 Å². The smallest absolute Gasteiger partial charge is 0.197 e. The van der Waals surface area contributed by atoms with Crippen molar-refractivity contribution >= 4 is 54.5 Å². The highest BCUT2D eigenvalue weighted by Gasteiger charge is 2.14. The van der Waals surface area contributed by atoms with Crippen molar-refractivity contribution in [2.45, 2.75) is 27.3 Å². The SMILES string of the molecule is CCN(CC)Cc1cc(Nc2ccc(C)c3sc4cc(Cl)ccc4c(=O)c23)ccc1O. The van der Waals surface area contributed by atoms with Gasteiger partial charge in [0.1, 0.15) is 5.75 Å². The molecule has 0 fully saturated rings. The highest BCUT2D eigenvalue weighted by molar-refractivity contribution is 7.24. The lowest BCUT2D eigenvalue weighted by Gasteiger charge is -2.19. The van der Waals surface area contributed by atoms with E-state index in [-0.39, 0.29) is 11.2 Å². The third kappa shape index (κ3) is 4.26. The summed E-state index contributed by atoms with van der Waals surface area (Å²) in [5.74, 6) is 0.279.